The number of nitrogen functional groups attached to an aromatic ring is 2. The summed E-state index contributed by atoms with van der Waals surface area (Å²) in [4.78, 5) is 0. The van der Waals surface area contributed by atoms with Gasteiger partial charge in [0.1, 0.15) is 0 Å². The first-order valence-corrected chi connectivity index (χ1v) is 9.49. The quantitative estimate of drug-likeness (QED) is 0.344. The van der Waals surface area contributed by atoms with E-state index in [1.165, 1.54) is 33.4 Å². The fourth-order valence-electron chi connectivity index (χ4n) is 3.80. The van der Waals surface area contributed by atoms with Crippen molar-refractivity contribution in [3.05, 3.63) is 119 Å². The van der Waals surface area contributed by atoms with Crippen LogP contribution in [0.25, 0.3) is 11.1 Å². The highest BCUT2D eigenvalue weighted by Crippen LogP contribution is 2.39. The molecule has 0 aliphatic rings. The summed E-state index contributed by atoms with van der Waals surface area (Å²) in [5, 5.41) is 0. The lowest BCUT2D eigenvalue weighted by atomic mass is 9.81. The molecule has 138 valence electrons. The maximum Gasteiger partial charge on any atom is 0.0346 e. The van der Waals surface area contributed by atoms with E-state index >= 15 is 0 Å². The summed E-state index contributed by atoms with van der Waals surface area (Å²) < 4.78 is 0. The lowest BCUT2D eigenvalue weighted by Gasteiger charge is -2.23. The standard InChI is InChI=1S/C26H24N2/c1-18-6-2-3-7-23(18)24-8-4-5-9-25(24)26(19-10-14-21(27)15-11-19)20-12-16-22(28)17-13-20/h2-17,26H,27-28H2,1H3. The van der Waals surface area contributed by atoms with Gasteiger partial charge in [-0.3, -0.25) is 0 Å². The number of nitrogens with two attached hydrogens (primary N) is 2. The topological polar surface area (TPSA) is 52.0 Å². The minimum atomic E-state index is 0.0945. The zero-order chi connectivity index (χ0) is 19.5. The molecule has 2 heteroatoms. The zero-order valence-corrected chi connectivity index (χ0v) is 16.0. The maximum absolute atomic E-state index is 5.95. The van der Waals surface area contributed by atoms with Crippen LogP contribution in [0.2, 0.25) is 0 Å². The van der Waals surface area contributed by atoms with Crippen molar-refractivity contribution in [2.45, 2.75) is 12.8 Å². The highest BCUT2D eigenvalue weighted by atomic mass is 14.5. The number of hydrogen-bond acceptors (Lipinski definition) is 2. The van der Waals surface area contributed by atoms with Gasteiger partial charge in [-0.05, 0) is 64.6 Å². The Hall–Kier alpha value is -3.52. The van der Waals surface area contributed by atoms with E-state index in [2.05, 4.69) is 79.7 Å². The van der Waals surface area contributed by atoms with E-state index in [0.717, 1.165) is 11.4 Å². The van der Waals surface area contributed by atoms with E-state index in [0.29, 0.717) is 0 Å². The van der Waals surface area contributed by atoms with Crippen molar-refractivity contribution in [1.82, 2.24) is 0 Å². The molecule has 0 aliphatic heterocycles. The molecule has 0 bridgehead atoms. The summed E-state index contributed by atoms with van der Waals surface area (Å²) >= 11 is 0. The molecule has 0 radical (unpaired) electrons. The highest BCUT2D eigenvalue weighted by molar-refractivity contribution is 5.73. The second kappa shape index (κ2) is 7.61. The molecule has 0 aromatic heterocycles. The van der Waals surface area contributed by atoms with Crippen LogP contribution in [0, 0.1) is 6.92 Å². The van der Waals surface area contributed by atoms with Crippen LogP contribution >= 0.6 is 0 Å². The van der Waals surface area contributed by atoms with Crippen LogP contribution in [0.3, 0.4) is 0 Å². The lowest BCUT2D eigenvalue weighted by molar-refractivity contribution is 0.980. The Labute approximate surface area is 166 Å². The van der Waals surface area contributed by atoms with Gasteiger partial charge in [0.15, 0.2) is 0 Å². The van der Waals surface area contributed by atoms with Gasteiger partial charge in [-0.2, -0.15) is 0 Å². The molecule has 28 heavy (non-hydrogen) atoms. The maximum atomic E-state index is 5.95. The second-order valence-electron chi connectivity index (χ2n) is 7.17. The largest absolute Gasteiger partial charge is 0.399 e. The van der Waals surface area contributed by atoms with Gasteiger partial charge in [0.05, 0.1) is 0 Å². The minimum absolute atomic E-state index is 0.0945. The Balaban J connectivity index is 1.94. The van der Waals surface area contributed by atoms with E-state index in [1.807, 2.05) is 24.3 Å². The fraction of sp³-hybridized carbons (Fsp3) is 0.0769. The van der Waals surface area contributed by atoms with Gasteiger partial charge in [-0.1, -0.05) is 72.8 Å². The molecule has 0 spiro atoms. The van der Waals surface area contributed by atoms with E-state index < -0.39 is 0 Å². The third-order valence-electron chi connectivity index (χ3n) is 5.25. The summed E-state index contributed by atoms with van der Waals surface area (Å²) in [5.41, 5.74) is 20.9. The first-order valence-electron chi connectivity index (χ1n) is 9.49. The molecular weight excluding hydrogens is 340 g/mol. The van der Waals surface area contributed by atoms with Gasteiger partial charge >= 0.3 is 0 Å². The molecule has 4 aromatic carbocycles. The molecular formula is C26H24N2. The van der Waals surface area contributed by atoms with E-state index in [-0.39, 0.29) is 5.92 Å². The number of anilines is 2. The van der Waals surface area contributed by atoms with E-state index in [1.54, 1.807) is 0 Å². The molecule has 0 unspecified atom stereocenters. The first-order chi connectivity index (χ1) is 13.6. The van der Waals surface area contributed by atoms with Gasteiger partial charge in [-0.25, -0.2) is 0 Å². The monoisotopic (exact) mass is 364 g/mol. The van der Waals surface area contributed by atoms with E-state index in [9.17, 15) is 0 Å². The summed E-state index contributed by atoms with van der Waals surface area (Å²) in [6, 6.07) is 33.5. The zero-order valence-electron chi connectivity index (χ0n) is 16.0. The molecule has 0 amide bonds. The van der Waals surface area contributed by atoms with Gasteiger partial charge in [0.25, 0.3) is 0 Å². The SMILES string of the molecule is Cc1ccccc1-c1ccccc1C(c1ccc(N)cc1)c1ccc(N)cc1. The molecule has 0 aliphatic carbocycles. The number of aryl methyl sites for hydroxylation is 1. The molecule has 0 saturated carbocycles. The van der Waals surface area contributed by atoms with Crippen LogP contribution in [0.15, 0.2) is 97.1 Å². The summed E-state index contributed by atoms with van der Waals surface area (Å²) in [6.45, 7) is 2.16. The molecule has 4 aromatic rings. The molecule has 0 saturated heterocycles. The Kier molecular flexibility index (Phi) is 4.86. The fourth-order valence-corrected chi connectivity index (χ4v) is 3.80. The molecule has 0 fully saturated rings. The van der Waals surface area contributed by atoms with Crippen LogP contribution in [-0.2, 0) is 0 Å². The number of rotatable bonds is 4. The molecule has 4 rings (SSSR count). The van der Waals surface area contributed by atoms with Crippen molar-refractivity contribution in [2.75, 3.05) is 11.5 Å². The predicted octanol–water partition coefficient (Wildman–Crippen LogP) is 6.01. The average Bonchev–Trinajstić information content (AvgIpc) is 2.72. The molecule has 0 atom stereocenters. The van der Waals surface area contributed by atoms with E-state index in [4.69, 9.17) is 11.5 Å². The van der Waals surface area contributed by atoms with Crippen LogP contribution in [0.1, 0.15) is 28.2 Å². The average molecular weight is 364 g/mol. The normalized spacial score (nSPS) is 10.9. The van der Waals surface area contributed by atoms with Crippen LogP contribution in [0.5, 0.6) is 0 Å². The smallest absolute Gasteiger partial charge is 0.0346 e. The molecule has 4 N–H and O–H groups in total. The van der Waals surface area contributed by atoms with Gasteiger partial charge in [0, 0.05) is 17.3 Å². The second-order valence-corrected chi connectivity index (χ2v) is 7.17. The summed E-state index contributed by atoms with van der Waals surface area (Å²) in [6.07, 6.45) is 0. The Morgan fingerprint density at radius 2 is 1.00 bits per heavy atom. The third-order valence-corrected chi connectivity index (χ3v) is 5.25. The van der Waals surface area contributed by atoms with Crippen molar-refractivity contribution in [3.8, 4) is 11.1 Å². The third kappa shape index (κ3) is 3.49. The van der Waals surface area contributed by atoms with Crippen LogP contribution < -0.4 is 11.5 Å². The highest BCUT2D eigenvalue weighted by Gasteiger charge is 2.20. The Morgan fingerprint density at radius 3 is 1.54 bits per heavy atom. The van der Waals surface area contributed by atoms with Crippen molar-refractivity contribution in [2.24, 2.45) is 0 Å². The Morgan fingerprint density at radius 1 is 0.536 bits per heavy atom. The van der Waals surface area contributed by atoms with Crippen molar-refractivity contribution in [3.63, 3.8) is 0 Å². The number of hydrogen-bond donors (Lipinski definition) is 2. The minimum Gasteiger partial charge on any atom is -0.399 e. The molecule has 2 nitrogen and oxygen atoms in total. The predicted molar refractivity (Wildman–Crippen MR) is 119 cm³/mol. The molecule has 0 heterocycles. The van der Waals surface area contributed by atoms with Crippen molar-refractivity contribution >= 4 is 11.4 Å². The lowest BCUT2D eigenvalue weighted by Crippen LogP contribution is -2.06. The van der Waals surface area contributed by atoms with Gasteiger partial charge in [-0.15, -0.1) is 0 Å². The first kappa shape index (κ1) is 17.9. The van der Waals surface area contributed by atoms with Crippen molar-refractivity contribution < 1.29 is 0 Å². The van der Waals surface area contributed by atoms with Crippen LogP contribution in [0.4, 0.5) is 11.4 Å². The Bertz CT molecular complexity index is 1030. The summed E-state index contributed by atoms with van der Waals surface area (Å²) in [7, 11) is 0. The van der Waals surface area contributed by atoms with Crippen molar-refractivity contribution in [1.29, 1.82) is 0 Å². The van der Waals surface area contributed by atoms with Gasteiger partial charge in [0.2, 0.25) is 0 Å². The summed E-state index contributed by atoms with van der Waals surface area (Å²) in [5.74, 6) is 0.0945. The van der Waals surface area contributed by atoms with Gasteiger partial charge < -0.3 is 11.5 Å². The van der Waals surface area contributed by atoms with Crippen LogP contribution in [-0.4, -0.2) is 0 Å². The number of benzene rings is 4.